The maximum absolute atomic E-state index is 12.8. The monoisotopic (exact) mass is 230 g/mol. The zero-order valence-electron chi connectivity index (χ0n) is 8.43. The molecule has 0 aliphatic rings. The largest absolute Gasteiger partial charge is 0.486 e. The molecule has 0 saturated heterocycles. The van der Waals surface area contributed by atoms with Crippen LogP contribution in [0.5, 0.6) is 5.75 Å². The van der Waals surface area contributed by atoms with Gasteiger partial charge in [-0.2, -0.15) is 0 Å². The van der Waals surface area contributed by atoms with E-state index in [1.165, 1.54) is 18.2 Å². The fourth-order valence-corrected chi connectivity index (χ4v) is 1.25. The van der Waals surface area contributed by atoms with Crippen LogP contribution in [0.25, 0.3) is 0 Å². The van der Waals surface area contributed by atoms with Gasteiger partial charge >= 0.3 is 0 Å². The van der Waals surface area contributed by atoms with Crippen molar-refractivity contribution in [1.82, 2.24) is 0 Å². The molecule has 1 aromatic rings. The number of benzene rings is 1. The molecular formula is C11H12ClFO2. The quantitative estimate of drug-likeness (QED) is 0.776. The Balaban J connectivity index is 2.51. The van der Waals surface area contributed by atoms with Crippen LogP contribution in [0.3, 0.4) is 0 Å². The first kappa shape index (κ1) is 12.0. The van der Waals surface area contributed by atoms with E-state index in [4.69, 9.17) is 16.3 Å². The highest BCUT2D eigenvalue weighted by Crippen LogP contribution is 2.20. The minimum Gasteiger partial charge on any atom is -0.486 e. The van der Waals surface area contributed by atoms with E-state index in [2.05, 4.69) is 0 Å². The molecule has 0 unspecified atom stereocenters. The zero-order valence-corrected chi connectivity index (χ0v) is 9.18. The van der Waals surface area contributed by atoms with Gasteiger partial charge in [0.05, 0.1) is 5.02 Å². The molecule has 4 heteroatoms. The summed E-state index contributed by atoms with van der Waals surface area (Å²) < 4.78 is 17.9. The van der Waals surface area contributed by atoms with Gasteiger partial charge in [0.2, 0.25) is 0 Å². The van der Waals surface area contributed by atoms with Crippen molar-refractivity contribution in [2.45, 2.75) is 19.8 Å². The molecule has 0 amide bonds. The normalized spacial score (nSPS) is 10.1. The second kappa shape index (κ2) is 5.71. The summed E-state index contributed by atoms with van der Waals surface area (Å²) in [4.78, 5) is 11.1. The van der Waals surface area contributed by atoms with Crippen molar-refractivity contribution in [2.24, 2.45) is 0 Å². The number of rotatable bonds is 5. The molecule has 2 nitrogen and oxygen atoms in total. The smallest absolute Gasteiger partial charge is 0.170 e. The lowest BCUT2D eigenvalue weighted by molar-refractivity contribution is -0.121. The summed E-state index contributed by atoms with van der Waals surface area (Å²) in [6, 6.07) is 4.01. The van der Waals surface area contributed by atoms with E-state index in [0.717, 1.165) is 6.42 Å². The average molecular weight is 231 g/mol. The molecule has 0 aromatic heterocycles. The molecule has 1 aromatic carbocycles. The van der Waals surface area contributed by atoms with E-state index in [-0.39, 0.29) is 17.4 Å². The molecule has 82 valence electrons. The standard InChI is InChI=1S/C11H12ClFO2/c1-2-3-8(14)7-15-9-4-5-11(13)10(12)6-9/h4-6H,2-3,7H2,1H3. The number of carbonyl (C=O) groups excluding carboxylic acids is 1. The Morgan fingerprint density at radius 2 is 2.27 bits per heavy atom. The molecule has 0 spiro atoms. The molecular weight excluding hydrogens is 219 g/mol. The lowest BCUT2D eigenvalue weighted by Gasteiger charge is -2.05. The van der Waals surface area contributed by atoms with Crippen molar-refractivity contribution in [1.29, 1.82) is 0 Å². The molecule has 1 rings (SSSR count). The van der Waals surface area contributed by atoms with Gasteiger partial charge in [-0.05, 0) is 18.6 Å². The average Bonchev–Trinajstić information content (AvgIpc) is 2.20. The SMILES string of the molecule is CCCC(=O)COc1ccc(F)c(Cl)c1. The van der Waals surface area contributed by atoms with E-state index in [0.29, 0.717) is 12.2 Å². The van der Waals surface area contributed by atoms with Gasteiger partial charge in [0, 0.05) is 12.5 Å². The van der Waals surface area contributed by atoms with Gasteiger partial charge in [-0.1, -0.05) is 18.5 Å². The molecule has 0 heterocycles. The van der Waals surface area contributed by atoms with Crippen LogP contribution in [0, 0.1) is 5.82 Å². The number of halogens is 2. The first-order valence-corrected chi connectivity index (χ1v) is 5.11. The fraction of sp³-hybridized carbons (Fsp3) is 0.364. The summed E-state index contributed by atoms with van der Waals surface area (Å²) in [5, 5.41) is -0.00422. The minimum atomic E-state index is -0.496. The minimum absolute atomic E-state index is 0.00422. The van der Waals surface area contributed by atoms with Gasteiger partial charge in [-0.15, -0.1) is 0 Å². The Hall–Kier alpha value is -1.09. The molecule has 0 radical (unpaired) electrons. The van der Waals surface area contributed by atoms with Crippen LogP contribution in [0.15, 0.2) is 18.2 Å². The second-order valence-corrected chi connectivity index (χ2v) is 3.56. The maximum atomic E-state index is 12.8. The lowest BCUT2D eigenvalue weighted by Crippen LogP contribution is -2.10. The van der Waals surface area contributed by atoms with E-state index in [1.54, 1.807) is 0 Å². The highest BCUT2D eigenvalue weighted by atomic mass is 35.5. The highest BCUT2D eigenvalue weighted by molar-refractivity contribution is 6.30. The van der Waals surface area contributed by atoms with Crippen LogP contribution in [-0.2, 0) is 4.79 Å². The zero-order chi connectivity index (χ0) is 11.3. The number of hydrogen-bond donors (Lipinski definition) is 0. The van der Waals surface area contributed by atoms with Crippen molar-refractivity contribution < 1.29 is 13.9 Å². The Labute approximate surface area is 93.0 Å². The van der Waals surface area contributed by atoms with Crippen LogP contribution in [0.1, 0.15) is 19.8 Å². The molecule has 0 bridgehead atoms. The van der Waals surface area contributed by atoms with Crippen LogP contribution in [-0.4, -0.2) is 12.4 Å². The Morgan fingerprint density at radius 1 is 1.53 bits per heavy atom. The number of Topliss-reactive ketones (excluding diaryl/α,β-unsaturated/α-hetero) is 1. The molecule has 0 atom stereocenters. The molecule has 0 fully saturated rings. The topological polar surface area (TPSA) is 26.3 Å². The fourth-order valence-electron chi connectivity index (χ4n) is 1.08. The molecule has 15 heavy (non-hydrogen) atoms. The summed E-state index contributed by atoms with van der Waals surface area (Å²) >= 11 is 5.55. The third kappa shape index (κ3) is 3.88. The van der Waals surface area contributed by atoms with Crippen molar-refractivity contribution in [2.75, 3.05) is 6.61 Å². The lowest BCUT2D eigenvalue weighted by atomic mass is 10.2. The summed E-state index contributed by atoms with van der Waals surface area (Å²) in [5.74, 6) is -0.0623. The van der Waals surface area contributed by atoms with Crippen molar-refractivity contribution in [3.05, 3.63) is 29.0 Å². The number of ether oxygens (including phenoxy) is 1. The van der Waals surface area contributed by atoms with Crippen LogP contribution < -0.4 is 4.74 Å². The molecule has 0 saturated carbocycles. The van der Waals surface area contributed by atoms with Gasteiger partial charge in [0.25, 0.3) is 0 Å². The van der Waals surface area contributed by atoms with Gasteiger partial charge in [-0.3, -0.25) is 4.79 Å². The van der Waals surface area contributed by atoms with Crippen molar-refractivity contribution in [3.8, 4) is 5.75 Å². The predicted octanol–water partition coefficient (Wildman–Crippen LogP) is 3.23. The van der Waals surface area contributed by atoms with Gasteiger partial charge in [-0.25, -0.2) is 4.39 Å². The van der Waals surface area contributed by atoms with E-state index >= 15 is 0 Å². The summed E-state index contributed by atoms with van der Waals surface area (Å²) in [7, 11) is 0. The first-order chi connectivity index (χ1) is 7.13. The maximum Gasteiger partial charge on any atom is 0.170 e. The Morgan fingerprint density at radius 3 is 2.87 bits per heavy atom. The molecule has 0 N–H and O–H groups in total. The summed E-state index contributed by atoms with van der Waals surface area (Å²) in [6.07, 6.45) is 1.29. The number of ketones is 1. The first-order valence-electron chi connectivity index (χ1n) is 4.73. The van der Waals surface area contributed by atoms with Gasteiger partial charge in [0.15, 0.2) is 5.78 Å². The van der Waals surface area contributed by atoms with Crippen LogP contribution in [0.4, 0.5) is 4.39 Å². The second-order valence-electron chi connectivity index (χ2n) is 3.15. The van der Waals surface area contributed by atoms with Crippen molar-refractivity contribution in [3.63, 3.8) is 0 Å². The predicted molar refractivity (Wildman–Crippen MR) is 56.8 cm³/mol. The van der Waals surface area contributed by atoms with Gasteiger partial charge in [0.1, 0.15) is 18.2 Å². The van der Waals surface area contributed by atoms with Crippen LogP contribution in [0.2, 0.25) is 5.02 Å². The van der Waals surface area contributed by atoms with E-state index in [9.17, 15) is 9.18 Å². The highest BCUT2D eigenvalue weighted by Gasteiger charge is 2.04. The third-order valence-electron chi connectivity index (χ3n) is 1.82. The van der Waals surface area contributed by atoms with E-state index < -0.39 is 5.82 Å². The van der Waals surface area contributed by atoms with Crippen molar-refractivity contribution >= 4 is 17.4 Å². The summed E-state index contributed by atoms with van der Waals surface area (Å²) in [5.41, 5.74) is 0. The Kier molecular flexibility index (Phi) is 4.56. The van der Waals surface area contributed by atoms with Gasteiger partial charge < -0.3 is 4.74 Å². The Bertz CT molecular complexity index is 352. The molecule has 0 aliphatic carbocycles. The summed E-state index contributed by atoms with van der Waals surface area (Å²) in [6.45, 7) is 1.93. The number of hydrogen-bond acceptors (Lipinski definition) is 2. The third-order valence-corrected chi connectivity index (χ3v) is 2.11. The number of carbonyl (C=O) groups is 1. The molecule has 0 aliphatic heterocycles. The van der Waals surface area contributed by atoms with Crippen LogP contribution >= 0.6 is 11.6 Å². The van der Waals surface area contributed by atoms with E-state index in [1.807, 2.05) is 6.92 Å².